The van der Waals surface area contributed by atoms with Crippen molar-refractivity contribution in [2.24, 2.45) is 0 Å². The van der Waals surface area contributed by atoms with E-state index in [9.17, 15) is 0 Å². The van der Waals surface area contributed by atoms with Crippen LogP contribution in [0, 0.1) is 6.92 Å². The molecule has 0 unspecified atom stereocenters. The number of aryl methyl sites for hydroxylation is 1. The number of rotatable bonds is 6. The second kappa shape index (κ2) is 12.7. The Morgan fingerprint density at radius 1 is 0.360 bits per heavy atom. The molecule has 2 aromatic heterocycles. The summed E-state index contributed by atoms with van der Waals surface area (Å²) in [6.45, 7) is 2.12. The average molecular weight is 658 g/mol. The predicted octanol–water partition coefficient (Wildman–Crippen LogP) is 12.5. The van der Waals surface area contributed by atoms with Crippen LogP contribution < -0.4 is 0 Å². The quantitative estimate of drug-likeness (QED) is 0.179. The number of fused-ring (bicyclic) bond motifs is 3. The predicted molar refractivity (Wildman–Crippen MR) is 210 cm³/mol. The van der Waals surface area contributed by atoms with Gasteiger partial charge in [-0.25, -0.2) is 15.0 Å². The molecule has 0 radical (unpaired) electrons. The number of hydrogen-bond donors (Lipinski definition) is 0. The fourth-order valence-electron chi connectivity index (χ4n) is 6.72. The molecule has 3 nitrogen and oxygen atoms in total. The molecule has 0 fully saturated rings. The average Bonchev–Trinajstić information content (AvgIpc) is 3.57. The molecular weight excluding hydrogens is 627 g/mol. The van der Waals surface area contributed by atoms with Crippen molar-refractivity contribution in [2.45, 2.75) is 6.92 Å². The number of aromatic nitrogens is 3. The zero-order valence-corrected chi connectivity index (χ0v) is 28.2. The van der Waals surface area contributed by atoms with Crippen LogP contribution in [0.2, 0.25) is 0 Å². The van der Waals surface area contributed by atoms with Crippen molar-refractivity contribution in [2.75, 3.05) is 0 Å². The Balaban J connectivity index is 1.16. The Morgan fingerprint density at radius 3 is 1.60 bits per heavy atom. The molecule has 0 bridgehead atoms. The summed E-state index contributed by atoms with van der Waals surface area (Å²) in [6.07, 6.45) is 0. The van der Waals surface area contributed by atoms with Crippen molar-refractivity contribution in [1.82, 2.24) is 15.0 Å². The topological polar surface area (TPSA) is 38.7 Å². The lowest BCUT2D eigenvalue weighted by atomic mass is 9.96. The molecule has 4 heteroatoms. The minimum absolute atomic E-state index is 0.653. The summed E-state index contributed by atoms with van der Waals surface area (Å²) in [7, 11) is 0. The van der Waals surface area contributed by atoms with E-state index in [1.807, 2.05) is 29.5 Å². The fourth-order valence-corrected chi connectivity index (χ4v) is 7.89. The van der Waals surface area contributed by atoms with Gasteiger partial charge in [0.05, 0.1) is 0 Å². The maximum absolute atomic E-state index is 5.10. The molecule has 236 valence electrons. The van der Waals surface area contributed by atoms with Crippen LogP contribution >= 0.6 is 11.3 Å². The SMILES string of the molecule is Cc1cccc(-c2cccc(-c3nc(-c4ccccc4)nc(-c4ccc5c(c4)sc4cccc(-c6cccc(-c7ccccc7)c6)c45)n3)c2)c1. The lowest BCUT2D eigenvalue weighted by Crippen LogP contribution is -2.00. The van der Waals surface area contributed by atoms with Gasteiger partial charge in [0.15, 0.2) is 17.5 Å². The number of thiophene rings is 1. The molecule has 0 saturated heterocycles. The van der Waals surface area contributed by atoms with E-state index < -0.39 is 0 Å². The molecular formula is C46H31N3S. The molecule has 0 aliphatic carbocycles. The van der Waals surface area contributed by atoms with Gasteiger partial charge in [0.25, 0.3) is 0 Å². The third kappa shape index (κ3) is 5.66. The van der Waals surface area contributed by atoms with E-state index >= 15 is 0 Å². The lowest BCUT2D eigenvalue weighted by molar-refractivity contribution is 1.07. The Bertz CT molecular complexity index is 2660. The maximum atomic E-state index is 5.10. The van der Waals surface area contributed by atoms with Gasteiger partial charge in [-0.2, -0.15) is 0 Å². The highest BCUT2D eigenvalue weighted by atomic mass is 32.1. The molecule has 0 N–H and O–H groups in total. The van der Waals surface area contributed by atoms with Crippen LogP contribution in [0.1, 0.15) is 5.56 Å². The summed E-state index contributed by atoms with van der Waals surface area (Å²) in [5.74, 6) is 1.97. The number of nitrogens with zero attached hydrogens (tertiary/aromatic N) is 3. The van der Waals surface area contributed by atoms with E-state index in [0.717, 1.165) is 22.3 Å². The van der Waals surface area contributed by atoms with Gasteiger partial charge in [0.1, 0.15) is 0 Å². The van der Waals surface area contributed by atoms with Crippen molar-refractivity contribution >= 4 is 31.5 Å². The van der Waals surface area contributed by atoms with Crippen LogP contribution in [-0.2, 0) is 0 Å². The van der Waals surface area contributed by atoms with E-state index in [2.05, 4.69) is 159 Å². The van der Waals surface area contributed by atoms with E-state index in [4.69, 9.17) is 15.0 Å². The molecule has 2 heterocycles. The largest absolute Gasteiger partial charge is 0.208 e. The first-order chi connectivity index (χ1) is 24.7. The Kier molecular flexibility index (Phi) is 7.57. The van der Waals surface area contributed by atoms with E-state index in [1.165, 1.54) is 53.6 Å². The van der Waals surface area contributed by atoms with Crippen LogP contribution in [-0.4, -0.2) is 15.0 Å². The summed E-state index contributed by atoms with van der Waals surface area (Å²) in [5, 5.41) is 2.51. The molecule has 0 amide bonds. The molecule has 50 heavy (non-hydrogen) atoms. The van der Waals surface area contributed by atoms with Crippen molar-refractivity contribution in [3.63, 3.8) is 0 Å². The van der Waals surface area contributed by atoms with Gasteiger partial charge in [0, 0.05) is 36.9 Å². The smallest absolute Gasteiger partial charge is 0.164 e. The normalized spacial score (nSPS) is 11.3. The van der Waals surface area contributed by atoms with Crippen LogP contribution in [0.4, 0.5) is 0 Å². The Hall–Kier alpha value is -6.23. The van der Waals surface area contributed by atoms with Crippen molar-refractivity contribution in [3.8, 4) is 67.5 Å². The highest BCUT2D eigenvalue weighted by Gasteiger charge is 2.16. The van der Waals surface area contributed by atoms with Crippen LogP contribution in [0.3, 0.4) is 0 Å². The van der Waals surface area contributed by atoms with Gasteiger partial charge in [-0.1, -0.05) is 151 Å². The standard InChI is InChI=1S/C46H31N3S/c1-30-12-8-17-33(26-30)35-19-10-21-37(28-35)45-47-44(32-15-6-3-7-16-32)48-46(49-45)38-24-25-40-42(29-38)50-41-23-11-22-39(43(40)41)36-20-9-18-34(27-36)31-13-4-2-5-14-31/h2-29H,1H3. The van der Waals surface area contributed by atoms with E-state index in [0.29, 0.717) is 17.5 Å². The molecule has 0 saturated carbocycles. The van der Waals surface area contributed by atoms with Crippen molar-refractivity contribution in [1.29, 1.82) is 0 Å². The first kappa shape index (κ1) is 29.9. The Labute approximate surface area is 295 Å². The molecule has 0 aliphatic rings. The molecule has 7 aromatic carbocycles. The maximum Gasteiger partial charge on any atom is 0.164 e. The van der Waals surface area contributed by atoms with Gasteiger partial charge < -0.3 is 0 Å². The van der Waals surface area contributed by atoms with E-state index in [1.54, 1.807) is 0 Å². The molecule has 9 aromatic rings. The monoisotopic (exact) mass is 657 g/mol. The Morgan fingerprint density at radius 2 is 0.880 bits per heavy atom. The summed E-state index contributed by atoms with van der Waals surface area (Å²) in [4.78, 5) is 15.1. The zero-order chi connectivity index (χ0) is 33.4. The van der Waals surface area contributed by atoms with Gasteiger partial charge in [-0.15, -0.1) is 11.3 Å². The van der Waals surface area contributed by atoms with Gasteiger partial charge in [-0.3, -0.25) is 0 Å². The number of benzene rings is 7. The molecule has 0 atom stereocenters. The third-order valence-corrected chi connectivity index (χ3v) is 10.3. The summed E-state index contributed by atoms with van der Waals surface area (Å²) < 4.78 is 2.46. The minimum atomic E-state index is 0.653. The van der Waals surface area contributed by atoms with Crippen LogP contribution in [0.25, 0.3) is 87.7 Å². The summed E-state index contributed by atoms with van der Waals surface area (Å²) in [5.41, 5.74) is 11.3. The second-order valence-electron chi connectivity index (χ2n) is 12.6. The van der Waals surface area contributed by atoms with Crippen LogP contribution in [0.5, 0.6) is 0 Å². The van der Waals surface area contributed by atoms with Gasteiger partial charge in [-0.05, 0) is 64.6 Å². The number of hydrogen-bond acceptors (Lipinski definition) is 4. The summed E-state index contributed by atoms with van der Waals surface area (Å²) >= 11 is 1.81. The zero-order valence-electron chi connectivity index (χ0n) is 27.4. The molecule has 0 aliphatic heterocycles. The molecule has 0 spiro atoms. The highest BCUT2D eigenvalue weighted by Crippen LogP contribution is 2.42. The summed E-state index contributed by atoms with van der Waals surface area (Å²) in [6, 6.07) is 59.9. The highest BCUT2D eigenvalue weighted by molar-refractivity contribution is 7.26. The lowest BCUT2D eigenvalue weighted by Gasteiger charge is -2.10. The second-order valence-corrected chi connectivity index (χ2v) is 13.6. The van der Waals surface area contributed by atoms with Crippen LogP contribution in [0.15, 0.2) is 170 Å². The van der Waals surface area contributed by atoms with E-state index in [-0.39, 0.29) is 0 Å². The van der Waals surface area contributed by atoms with Crippen molar-refractivity contribution in [3.05, 3.63) is 175 Å². The molecule has 9 rings (SSSR count). The third-order valence-electron chi connectivity index (χ3n) is 9.18. The first-order valence-electron chi connectivity index (χ1n) is 16.8. The first-order valence-corrected chi connectivity index (χ1v) is 17.6. The minimum Gasteiger partial charge on any atom is -0.208 e. The van der Waals surface area contributed by atoms with Crippen molar-refractivity contribution < 1.29 is 0 Å². The fraction of sp³-hybridized carbons (Fsp3) is 0.0217. The van der Waals surface area contributed by atoms with Gasteiger partial charge >= 0.3 is 0 Å². The van der Waals surface area contributed by atoms with Gasteiger partial charge in [0.2, 0.25) is 0 Å².